The van der Waals surface area contributed by atoms with Gasteiger partial charge in [-0.15, -0.1) is 0 Å². The van der Waals surface area contributed by atoms with E-state index in [1.165, 1.54) is 0 Å². The lowest BCUT2D eigenvalue weighted by Crippen LogP contribution is -2.41. The second-order valence-corrected chi connectivity index (χ2v) is 7.00. The van der Waals surface area contributed by atoms with Crippen molar-refractivity contribution in [1.29, 1.82) is 0 Å². The lowest BCUT2D eigenvalue weighted by atomic mass is 9.77. The number of ether oxygens (including phenoxy) is 4. The van der Waals surface area contributed by atoms with Gasteiger partial charge >= 0.3 is 7.12 Å². The minimum Gasteiger partial charge on any atom is -0.497 e. The maximum absolute atomic E-state index is 6.16. The van der Waals surface area contributed by atoms with E-state index in [2.05, 4.69) is 0 Å². The summed E-state index contributed by atoms with van der Waals surface area (Å²) < 4.78 is 34.6. The Hall–Kier alpha value is -1.28. The van der Waals surface area contributed by atoms with Gasteiger partial charge in [-0.05, 0) is 33.8 Å². The second-order valence-electron chi connectivity index (χ2n) is 7.00. The first kappa shape index (κ1) is 17.5. The van der Waals surface area contributed by atoms with Gasteiger partial charge in [-0.1, -0.05) is 0 Å². The Bertz CT molecular complexity index is 593. The average molecular weight is 336 g/mol. The van der Waals surface area contributed by atoms with Crippen LogP contribution in [-0.4, -0.2) is 45.8 Å². The maximum atomic E-state index is 6.16. The number of methoxy groups -OCH3 is 2. The number of hydrogen-bond donors (Lipinski definition) is 0. The van der Waals surface area contributed by atoms with Crippen LogP contribution in [0.15, 0.2) is 12.1 Å². The molecule has 2 aliphatic heterocycles. The molecular formula is C17H25BO6. The third-order valence-corrected chi connectivity index (χ3v) is 4.96. The Morgan fingerprint density at radius 3 is 1.96 bits per heavy atom. The molecule has 0 unspecified atom stereocenters. The summed E-state index contributed by atoms with van der Waals surface area (Å²) in [5.74, 6) is 1.30. The Morgan fingerprint density at radius 2 is 1.46 bits per heavy atom. The van der Waals surface area contributed by atoms with Gasteiger partial charge in [0.25, 0.3) is 0 Å². The molecule has 0 aliphatic carbocycles. The third-order valence-electron chi connectivity index (χ3n) is 4.96. The highest BCUT2D eigenvalue weighted by molar-refractivity contribution is 6.63. The molecular weight excluding hydrogens is 311 g/mol. The molecule has 2 heterocycles. The largest absolute Gasteiger partial charge is 0.498 e. The first-order valence-corrected chi connectivity index (χ1v) is 8.14. The van der Waals surface area contributed by atoms with Crippen LogP contribution >= 0.6 is 0 Å². The van der Waals surface area contributed by atoms with E-state index < -0.39 is 24.6 Å². The fourth-order valence-corrected chi connectivity index (χ4v) is 2.83. The van der Waals surface area contributed by atoms with Crippen molar-refractivity contribution >= 4 is 12.6 Å². The van der Waals surface area contributed by atoms with E-state index in [9.17, 15) is 0 Å². The van der Waals surface area contributed by atoms with Gasteiger partial charge < -0.3 is 28.3 Å². The summed E-state index contributed by atoms with van der Waals surface area (Å²) in [5.41, 5.74) is 0.748. The van der Waals surface area contributed by atoms with E-state index in [4.69, 9.17) is 28.3 Å². The van der Waals surface area contributed by atoms with E-state index in [1.807, 2.05) is 39.8 Å². The van der Waals surface area contributed by atoms with Crippen LogP contribution in [0.3, 0.4) is 0 Å². The molecule has 1 aromatic rings. The summed E-state index contributed by atoms with van der Waals surface area (Å²) in [6.07, 6.45) is -0.452. The van der Waals surface area contributed by atoms with Gasteiger partial charge in [0.2, 0.25) is 0 Å². The van der Waals surface area contributed by atoms with Gasteiger partial charge in [-0.3, -0.25) is 0 Å². The van der Waals surface area contributed by atoms with Gasteiger partial charge in [-0.25, -0.2) is 0 Å². The first-order valence-electron chi connectivity index (χ1n) is 8.14. The van der Waals surface area contributed by atoms with Crippen molar-refractivity contribution in [2.75, 3.05) is 27.4 Å². The molecule has 7 heteroatoms. The topological polar surface area (TPSA) is 55.4 Å². The summed E-state index contributed by atoms with van der Waals surface area (Å²) in [6.45, 7) is 9.21. The molecule has 0 saturated carbocycles. The van der Waals surface area contributed by atoms with Crippen LogP contribution in [0.1, 0.15) is 39.5 Å². The van der Waals surface area contributed by atoms with Crippen molar-refractivity contribution in [2.45, 2.75) is 45.2 Å². The van der Waals surface area contributed by atoms with E-state index in [0.29, 0.717) is 24.7 Å². The molecule has 3 rings (SSSR count). The zero-order valence-electron chi connectivity index (χ0n) is 15.2. The molecule has 2 saturated heterocycles. The molecule has 0 atom stereocenters. The minimum atomic E-state index is -0.531. The van der Waals surface area contributed by atoms with Crippen LogP contribution in [0.25, 0.3) is 0 Å². The fourth-order valence-electron chi connectivity index (χ4n) is 2.83. The molecule has 0 bridgehead atoms. The lowest BCUT2D eigenvalue weighted by molar-refractivity contribution is -0.0454. The Labute approximate surface area is 143 Å². The van der Waals surface area contributed by atoms with Crippen LogP contribution in [0, 0.1) is 0 Å². The van der Waals surface area contributed by atoms with Crippen molar-refractivity contribution in [3.63, 3.8) is 0 Å². The number of benzene rings is 1. The second kappa shape index (κ2) is 6.22. The number of hydrogen-bond acceptors (Lipinski definition) is 6. The van der Waals surface area contributed by atoms with E-state index in [1.54, 1.807) is 14.2 Å². The van der Waals surface area contributed by atoms with Crippen LogP contribution in [-0.2, 0) is 18.8 Å². The molecule has 24 heavy (non-hydrogen) atoms. The van der Waals surface area contributed by atoms with Crippen LogP contribution < -0.4 is 14.9 Å². The molecule has 0 amide bonds. The smallest absolute Gasteiger partial charge is 0.497 e. The standard InChI is InChI=1S/C17H25BO6/c1-16(2)17(3,4)24-18(23-16)12-9-11(15-21-7-8-22-15)13(19-5)10-14(12)20-6/h9-10,15H,7-8H2,1-6H3. The zero-order valence-corrected chi connectivity index (χ0v) is 15.2. The molecule has 1 aromatic carbocycles. The van der Waals surface area contributed by atoms with Crippen LogP contribution in [0.4, 0.5) is 0 Å². The van der Waals surface area contributed by atoms with Gasteiger partial charge in [0.15, 0.2) is 6.29 Å². The zero-order chi connectivity index (χ0) is 17.5. The minimum absolute atomic E-state index is 0.427. The quantitative estimate of drug-likeness (QED) is 0.785. The first-order chi connectivity index (χ1) is 11.3. The van der Waals surface area contributed by atoms with E-state index in [0.717, 1.165) is 11.0 Å². The normalized spacial score (nSPS) is 22.8. The van der Waals surface area contributed by atoms with Crippen LogP contribution in [0.5, 0.6) is 11.5 Å². The molecule has 132 valence electrons. The van der Waals surface area contributed by atoms with Crippen LogP contribution in [0.2, 0.25) is 0 Å². The average Bonchev–Trinajstić information content (AvgIpc) is 3.12. The Kier molecular flexibility index (Phi) is 4.55. The third kappa shape index (κ3) is 2.90. The van der Waals surface area contributed by atoms with Gasteiger partial charge in [-0.2, -0.15) is 0 Å². The van der Waals surface area contributed by atoms with E-state index >= 15 is 0 Å². The Balaban J connectivity index is 2.02. The molecule has 2 fully saturated rings. The van der Waals surface area contributed by atoms with Crippen molar-refractivity contribution < 1.29 is 28.3 Å². The summed E-state index contributed by atoms with van der Waals surface area (Å²) >= 11 is 0. The monoisotopic (exact) mass is 336 g/mol. The summed E-state index contributed by atoms with van der Waals surface area (Å²) in [5, 5.41) is 0. The van der Waals surface area contributed by atoms with Crippen molar-refractivity contribution in [2.24, 2.45) is 0 Å². The molecule has 0 spiro atoms. The lowest BCUT2D eigenvalue weighted by Gasteiger charge is -2.32. The Morgan fingerprint density at radius 1 is 0.917 bits per heavy atom. The van der Waals surface area contributed by atoms with Gasteiger partial charge in [0.05, 0.1) is 38.6 Å². The van der Waals surface area contributed by atoms with E-state index in [-0.39, 0.29) is 0 Å². The number of rotatable bonds is 4. The van der Waals surface area contributed by atoms with Gasteiger partial charge in [0, 0.05) is 17.1 Å². The molecule has 0 aromatic heterocycles. The molecule has 2 aliphatic rings. The highest BCUT2D eigenvalue weighted by Crippen LogP contribution is 2.39. The summed E-state index contributed by atoms with van der Waals surface area (Å²) in [7, 11) is 2.70. The predicted octanol–water partition coefficient (Wildman–Crippen LogP) is 2.05. The predicted molar refractivity (Wildman–Crippen MR) is 89.9 cm³/mol. The summed E-state index contributed by atoms with van der Waals surface area (Å²) in [4.78, 5) is 0. The SMILES string of the molecule is COc1cc(OC)c(C2OCCO2)cc1B1OC(C)(C)C(C)(C)O1. The molecule has 6 nitrogen and oxygen atoms in total. The summed E-state index contributed by atoms with van der Waals surface area (Å²) in [6, 6.07) is 3.75. The highest BCUT2D eigenvalue weighted by Gasteiger charge is 2.52. The maximum Gasteiger partial charge on any atom is 0.498 e. The van der Waals surface area contributed by atoms with Crippen molar-refractivity contribution in [1.82, 2.24) is 0 Å². The van der Waals surface area contributed by atoms with Gasteiger partial charge in [0.1, 0.15) is 11.5 Å². The molecule has 0 N–H and O–H groups in total. The van der Waals surface area contributed by atoms with Crippen molar-refractivity contribution in [3.05, 3.63) is 17.7 Å². The molecule has 0 radical (unpaired) electrons. The van der Waals surface area contributed by atoms with Crippen molar-refractivity contribution in [3.8, 4) is 11.5 Å². The fraction of sp³-hybridized carbons (Fsp3) is 0.647. The highest BCUT2D eigenvalue weighted by atomic mass is 16.7.